The van der Waals surface area contributed by atoms with Gasteiger partial charge in [-0.15, -0.1) is 11.3 Å². The summed E-state index contributed by atoms with van der Waals surface area (Å²) in [4.78, 5) is 0. The number of nitrogens with one attached hydrogen (secondary N) is 1. The Morgan fingerprint density at radius 3 is 2.90 bits per heavy atom. The van der Waals surface area contributed by atoms with E-state index < -0.39 is 10.0 Å². The van der Waals surface area contributed by atoms with Gasteiger partial charge in [-0.1, -0.05) is 27.2 Å². The van der Waals surface area contributed by atoms with Crippen molar-refractivity contribution in [3.05, 3.63) is 17.0 Å². The number of hydrogen-bond acceptors (Lipinski definition) is 4. The van der Waals surface area contributed by atoms with Gasteiger partial charge in [-0.05, 0) is 35.8 Å². The summed E-state index contributed by atoms with van der Waals surface area (Å²) in [6.45, 7) is 8.38. The van der Waals surface area contributed by atoms with Crippen molar-refractivity contribution >= 4 is 21.4 Å². The van der Waals surface area contributed by atoms with Crippen LogP contribution in [0.1, 0.15) is 45.6 Å². The second kappa shape index (κ2) is 7.22. The van der Waals surface area contributed by atoms with Crippen molar-refractivity contribution in [2.45, 2.75) is 56.8 Å². The highest BCUT2D eigenvalue weighted by atomic mass is 32.2. The highest BCUT2D eigenvalue weighted by Gasteiger charge is 2.30. The molecule has 0 aromatic carbocycles. The van der Waals surface area contributed by atoms with E-state index in [-0.39, 0.29) is 0 Å². The third kappa shape index (κ3) is 4.28. The van der Waals surface area contributed by atoms with Crippen LogP contribution in [0.4, 0.5) is 0 Å². The van der Waals surface area contributed by atoms with Crippen LogP contribution in [0.3, 0.4) is 0 Å². The fourth-order valence-corrected chi connectivity index (χ4v) is 5.53. The molecule has 21 heavy (non-hydrogen) atoms. The Balaban J connectivity index is 2.08. The minimum atomic E-state index is -3.30. The van der Waals surface area contributed by atoms with Crippen LogP contribution in [0.25, 0.3) is 0 Å². The lowest BCUT2D eigenvalue weighted by molar-refractivity contribution is 0.262. The third-order valence-electron chi connectivity index (χ3n) is 4.00. The molecule has 1 aliphatic rings. The van der Waals surface area contributed by atoms with E-state index in [1.165, 1.54) is 11.3 Å². The van der Waals surface area contributed by atoms with Crippen molar-refractivity contribution in [2.75, 3.05) is 13.1 Å². The maximum atomic E-state index is 12.7. The fourth-order valence-electron chi connectivity index (χ4n) is 2.61. The van der Waals surface area contributed by atoms with E-state index in [1.807, 2.05) is 11.4 Å². The summed E-state index contributed by atoms with van der Waals surface area (Å²) in [5, 5.41) is 5.27. The van der Waals surface area contributed by atoms with E-state index in [0.717, 1.165) is 31.4 Å². The molecule has 1 N–H and O–H groups in total. The number of sulfonamides is 1. The van der Waals surface area contributed by atoms with E-state index in [9.17, 15) is 8.42 Å². The van der Waals surface area contributed by atoms with Crippen molar-refractivity contribution in [3.8, 4) is 0 Å². The predicted octanol–water partition coefficient (Wildman–Crippen LogP) is 3.06. The molecule has 1 atom stereocenters. The first-order chi connectivity index (χ1) is 9.93. The summed E-state index contributed by atoms with van der Waals surface area (Å²) in [6, 6.07) is 2.22. The lowest BCUT2D eigenvalue weighted by Crippen LogP contribution is -2.39. The van der Waals surface area contributed by atoms with Crippen molar-refractivity contribution in [1.29, 1.82) is 0 Å². The van der Waals surface area contributed by atoms with Gasteiger partial charge in [0.05, 0.1) is 0 Å². The molecule has 0 amide bonds. The molecule has 120 valence electrons. The monoisotopic (exact) mass is 330 g/mol. The largest absolute Gasteiger partial charge is 0.310 e. The SMILES string of the molecule is CCC1CCCN(S(=O)(=O)c2cc(CNC(C)C)cs2)C1. The lowest BCUT2D eigenvalue weighted by Gasteiger charge is -2.30. The zero-order valence-electron chi connectivity index (χ0n) is 13.1. The number of thiophene rings is 1. The predicted molar refractivity (Wildman–Crippen MR) is 88.1 cm³/mol. The third-order valence-corrected chi connectivity index (χ3v) is 7.33. The van der Waals surface area contributed by atoms with E-state index in [1.54, 1.807) is 4.31 Å². The molecule has 1 aromatic rings. The molecule has 0 spiro atoms. The van der Waals surface area contributed by atoms with Gasteiger partial charge in [0.25, 0.3) is 10.0 Å². The molecular formula is C15H26N2O2S2. The average molecular weight is 331 g/mol. The number of hydrogen-bond donors (Lipinski definition) is 1. The minimum absolute atomic E-state index is 0.400. The summed E-state index contributed by atoms with van der Waals surface area (Å²) in [5.74, 6) is 0.510. The van der Waals surface area contributed by atoms with Gasteiger partial charge in [0, 0.05) is 25.7 Å². The van der Waals surface area contributed by atoms with Crippen LogP contribution in [0, 0.1) is 5.92 Å². The first-order valence-corrected chi connectivity index (χ1v) is 10.1. The smallest absolute Gasteiger partial charge is 0.252 e. The fraction of sp³-hybridized carbons (Fsp3) is 0.733. The Hall–Kier alpha value is -0.430. The summed E-state index contributed by atoms with van der Waals surface area (Å²) < 4.78 is 27.6. The second-order valence-corrected chi connectivity index (χ2v) is 9.17. The van der Waals surface area contributed by atoms with Gasteiger partial charge in [0.15, 0.2) is 0 Å². The number of piperidine rings is 1. The van der Waals surface area contributed by atoms with Gasteiger partial charge < -0.3 is 5.32 Å². The topological polar surface area (TPSA) is 49.4 Å². The quantitative estimate of drug-likeness (QED) is 0.872. The maximum Gasteiger partial charge on any atom is 0.252 e. The normalized spacial score (nSPS) is 21.0. The molecule has 1 unspecified atom stereocenters. The molecule has 1 aromatic heterocycles. The molecule has 6 heteroatoms. The Bertz CT molecular complexity index is 552. The van der Waals surface area contributed by atoms with Crippen molar-refractivity contribution in [3.63, 3.8) is 0 Å². The highest BCUT2D eigenvalue weighted by molar-refractivity contribution is 7.91. The standard InChI is InChI=1S/C15H26N2O2S2/c1-4-13-6-5-7-17(10-13)21(18,19)15-8-14(11-20-15)9-16-12(2)3/h8,11-13,16H,4-7,9-10H2,1-3H3. The molecule has 4 nitrogen and oxygen atoms in total. The van der Waals surface area contributed by atoms with Crippen LogP contribution < -0.4 is 5.32 Å². The lowest BCUT2D eigenvalue weighted by atomic mass is 9.97. The highest BCUT2D eigenvalue weighted by Crippen LogP contribution is 2.28. The zero-order chi connectivity index (χ0) is 15.5. The molecule has 0 saturated carbocycles. The van der Waals surface area contributed by atoms with Gasteiger partial charge in [-0.2, -0.15) is 4.31 Å². The van der Waals surface area contributed by atoms with Crippen molar-refractivity contribution in [2.24, 2.45) is 5.92 Å². The maximum absolute atomic E-state index is 12.7. The number of rotatable bonds is 6. The summed E-state index contributed by atoms with van der Waals surface area (Å²) in [6.07, 6.45) is 3.18. The van der Waals surface area contributed by atoms with Gasteiger partial charge in [-0.25, -0.2) is 8.42 Å². The average Bonchev–Trinajstić information content (AvgIpc) is 2.95. The summed E-state index contributed by atoms with van der Waals surface area (Å²) in [7, 11) is -3.30. The minimum Gasteiger partial charge on any atom is -0.310 e. The summed E-state index contributed by atoms with van der Waals surface area (Å²) >= 11 is 1.34. The van der Waals surface area contributed by atoms with E-state index in [2.05, 4.69) is 26.1 Å². The van der Waals surface area contributed by atoms with E-state index >= 15 is 0 Å². The Labute approximate surface area is 132 Å². The van der Waals surface area contributed by atoms with Gasteiger partial charge in [0.2, 0.25) is 0 Å². The Kier molecular flexibility index (Phi) is 5.82. The van der Waals surface area contributed by atoms with Gasteiger partial charge in [0.1, 0.15) is 4.21 Å². The number of nitrogens with zero attached hydrogens (tertiary/aromatic N) is 1. The molecule has 1 aliphatic heterocycles. The Morgan fingerprint density at radius 2 is 2.24 bits per heavy atom. The van der Waals surface area contributed by atoms with Crippen molar-refractivity contribution < 1.29 is 8.42 Å². The first-order valence-electron chi connectivity index (χ1n) is 7.74. The molecule has 0 bridgehead atoms. The molecule has 1 saturated heterocycles. The molecule has 2 rings (SSSR count). The molecule has 0 radical (unpaired) electrons. The molecule has 2 heterocycles. The molecule has 1 fully saturated rings. The van der Waals surface area contributed by atoms with Crippen LogP contribution in [0.15, 0.2) is 15.7 Å². The molecule has 0 aliphatic carbocycles. The second-order valence-electron chi connectivity index (χ2n) is 6.09. The van der Waals surface area contributed by atoms with E-state index in [0.29, 0.717) is 29.3 Å². The Morgan fingerprint density at radius 1 is 1.48 bits per heavy atom. The first kappa shape index (κ1) is 16.9. The van der Waals surface area contributed by atoms with Crippen molar-refractivity contribution in [1.82, 2.24) is 9.62 Å². The van der Waals surface area contributed by atoms with Crippen LogP contribution in [-0.2, 0) is 16.6 Å². The van der Waals surface area contributed by atoms with Crippen LogP contribution in [-0.4, -0.2) is 31.9 Å². The van der Waals surface area contributed by atoms with E-state index in [4.69, 9.17) is 0 Å². The summed E-state index contributed by atoms with van der Waals surface area (Å²) in [5.41, 5.74) is 1.05. The van der Waals surface area contributed by atoms with Gasteiger partial charge >= 0.3 is 0 Å². The zero-order valence-corrected chi connectivity index (χ0v) is 14.8. The van der Waals surface area contributed by atoms with Crippen LogP contribution in [0.5, 0.6) is 0 Å². The van der Waals surface area contributed by atoms with Gasteiger partial charge in [-0.3, -0.25) is 0 Å². The van der Waals surface area contributed by atoms with Crippen LogP contribution >= 0.6 is 11.3 Å². The molecular weight excluding hydrogens is 304 g/mol. The van der Waals surface area contributed by atoms with Crippen LogP contribution in [0.2, 0.25) is 0 Å².